The molecule has 1 unspecified atom stereocenters. The second-order valence-electron chi connectivity index (χ2n) is 4.15. The first kappa shape index (κ1) is 14.3. The lowest BCUT2D eigenvalue weighted by Gasteiger charge is -2.22. The Morgan fingerprint density at radius 2 is 1.73 bits per heavy atom. The van der Waals surface area contributed by atoms with Crippen molar-refractivity contribution in [1.82, 2.24) is 9.80 Å². The Morgan fingerprint density at radius 1 is 1.20 bits per heavy atom. The number of hydrogen-bond donors (Lipinski definition) is 0. The first-order valence-corrected chi connectivity index (χ1v) is 6.10. The summed E-state index contributed by atoms with van der Waals surface area (Å²) >= 11 is 0. The van der Waals surface area contributed by atoms with E-state index in [2.05, 4.69) is 27.7 Å². The zero-order valence-corrected chi connectivity index (χ0v) is 10.9. The maximum Gasteiger partial charge on any atom is 0.320 e. The van der Waals surface area contributed by atoms with Gasteiger partial charge in [0.2, 0.25) is 0 Å². The SMILES string of the molecule is CCC(C)N1CCN(C)C1=O.CCCC. The highest BCUT2D eigenvalue weighted by molar-refractivity contribution is 5.76. The Kier molecular flexibility index (Phi) is 7.18. The maximum absolute atomic E-state index is 11.4. The molecule has 0 aliphatic carbocycles. The highest BCUT2D eigenvalue weighted by Gasteiger charge is 2.27. The van der Waals surface area contributed by atoms with Gasteiger partial charge in [0.25, 0.3) is 0 Å². The summed E-state index contributed by atoms with van der Waals surface area (Å²) in [4.78, 5) is 15.1. The minimum Gasteiger partial charge on any atom is -0.326 e. The Morgan fingerprint density at radius 3 is 2.00 bits per heavy atom. The zero-order chi connectivity index (χ0) is 11.8. The quantitative estimate of drug-likeness (QED) is 0.708. The van der Waals surface area contributed by atoms with Crippen molar-refractivity contribution < 1.29 is 4.79 Å². The average Bonchev–Trinajstić information content (AvgIpc) is 2.59. The second kappa shape index (κ2) is 7.55. The van der Waals surface area contributed by atoms with Crippen molar-refractivity contribution in [2.75, 3.05) is 20.1 Å². The summed E-state index contributed by atoms with van der Waals surface area (Å²) in [6, 6.07) is 0.576. The lowest BCUT2D eigenvalue weighted by Crippen LogP contribution is -2.36. The molecular formula is C12H26N2O. The highest BCUT2D eigenvalue weighted by atomic mass is 16.2. The van der Waals surface area contributed by atoms with Gasteiger partial charge in [-0.05, 0) is 13.3 Å². The fourth-order valence-electron chi connectivity index (χ4n) is 1.30. The molecule has 3 heteroatoms. The van der Waals surface area contributed by atoms with E-state index < -0.39 is 0 Å². The van der Waals surface area contributed by atoms with E-state index in [0.717, 1.165) is 19.5 Å². The molecule has 0 aromatic carbocycles. The van der Waals surface area contributed by atoms with Gasteiger partial charge in [-0.1, -0.05) is 33.6 Å². The van der Waals surface area contributed by atoms with Crippen LogP contribution in [-0.4, -0.2) is 42.0 Å². The van der Waals surface area contributed by atoms with Gasteiger partial charge >= 0.3 is 6.03 Å². The monoisotopic (exact) mass is 214 g/mol. The van der Waals surface area contributed by atoms with E-state index in [1.807, 2.05) is 11.9 Å². The number of likely N-dealkylation sites (N-methyl/N-ethyl adjacent to an activating group) is 1. The van der Waals surface area contributed by atoms with Crippen LogP contribution in [0.2, 0.25) is 0 Å². The molecule has 90 valence electrons. The molecule has 0 saturated carbocycles. The number of rotatable bonds is 3. The van der Waals surface area contributed by atoms with E-state index in [1.54, 1.807) is 4.90 Å². The number of nitrogens with zero attached hydrogens (tertiary/aromatic N) is 2. The van der Waals surface area contributed by atoms with Crippen LogP contribution in [0.1, 0.15) is 47.0 Å². The summed E-state index contributed by atoms with van der Waals surface area (Å²) in [6.45, 7) is 10.3. The van der Waals surface area contributed by atoms with Crippen molar-refractivity contribution in [3.05, 3.63) is 0 Å². The molecule has 0 bridgehead atoms. The van der Waals surface area contributed by atoms with Gasteiger partial charge < -0.3 is 9.80 Å². The van der Waals surface area contributed by atoms with Crippen molar-refractivity contribution >= 4 is 6.03 Å². The molecule has 0 radical (unpaired) electrons. The molecule has 1 heterocycles. The topological polar surface area (TPSA) is 23.6 Å². The first-order chi connectivity index (χ1) is 7.08. The van der Waals surface area contributed by atoms with E-state index in [9.17, 15) is 4.79 Å². The highest BCUT2D eigenvalue weighted by Crippen LogP contribution is 2.11. The van der Waals surface area contributed by atoms with Crippen molar-refractivity contribution in [3.8, 4) is 0 Å². The summed E-state index contributed by atoms with van der Waals surface area (Å²) in [7, 11) is 1.85. The van der Waals surface area contributed by atoms with Crippen molar-refractivity contribution in [2.24, 2.45) is 0 Å². The third kappa shape index (κ3) is 4.54. The van der Waals surface area contributed by atoms with Gasteiger partial charge in [0.05, 0.1) is 0 Å². The lowest BCUT2D eigenvalue weighted by atomic mass is 10.2. The fourth-order valence-corrected chi connectivity index (χ4v) is 1.30. The smallest absolute Gasteiger partial charge is 0.320 e. The molecule has 0 N–H and O–H groups in total. The van der Waals surface area contributed by atoms with Gasteiger partial charge in [0, 0.05) is 26.2 Å². The average molecular weight is 214 g/mol. The molecular weight excluding hydrogens is 188 g/mol. The fraction of sp³-hybridized carbons (Fsp3) is 0.917. The van der Waals surface area contributed by atoms with Crippen molar-refractivity contribution in [1.29, 1.82) is 0 Å². The first-order valence-electron chi connectivity index (χ1n) is 6.10. The molecule has 0 aromatic rings. The van der Waals surface area contributed by atoms with E-state index in [0.29, 0.717) is 6.04 Å². The molecule has 2 amide bonds. The van der Waals surface area contributed by atoms with Gasteiger partial charge in [-0.15, -0.1) is 0 Å². The molecule has 3 nitrogen and oxygen atoms in total. The molecule has 1 aliphatic rings. The Bertz CT molecular complexity index is 180. The van der Waals surface area contributed by atoms with Gasteiger partial charge in [0.1, 0.15) is 0 Å². The Hall–Kier alpha value is -0.730. The summed E-state index contributed by atoms with van der Waals surface area (Å²) < 4.78 is 0. The minimum atomic E-state index is 0.180. The Balaban J connectivity index is 0.000000423. The molecule has 1 fully saturated rings. The third-order valence-corrected chi connectivity index (χ3v) is 2.87. The standard InChI is InChI=1S/C8H16N2O.C4H10/c1-4-7(2)10-6-5-9(3)8(10)11;1-3-4-2/h7H,4-6H2,1-3H3;3-4H2,1-2H3. The van der Waals surface area contributed by atoms with E-state index in [4.69, 9.17) is 0 Å². The molecule has 1 rings (SSSR count). The molecule has 15 heavy (non-hydrogen) atoms. The predicted octanol–water partition coefficient (Wildman–Crippen LogP) is 2.96. The number of amides is 2. The molecule has 1 atom stereocenters. The van der Waals surface area contributed by atoms with Crippen LogP contribution in [-0.2, 0) is 0 Å². The summed E-state index contributed by atoms with van der Waals surface area (Å²) in [5.74, 6) is 0. The minimum absolute atomic E-state index is 0.180. The van der Waals surface area contributed by atoms with Gasteiger partial charge in [-0.3, -0.25) is 0 Å². The number of urea groups is 1. The van der Waals surface area contributed by atoms with Crippen LogP contribution in [0.5, 0.6) is 0 Å². The molecule has 0 aromatic heterocycles. The largest absolute Gasteiger partial charge is 0.326 e. The summed E-state index contributed by atoms with van der Waals surface area (Å²) in [5, 5.41) is 0. The van der Waals surface area contributed by atoms with Crippen molar-refractivity contribution in [2.45, 2.75) is 53.0 Å². The maximum atomic E-state index is 11.4. The van der Waals surface area contributed by atoms with Gasteiger partial charge in [-0.25, -0.2) is 4.79 Å². The predicted molar refractivity (Wildman–Crippen MR) is 65.1 cm³/mol. The second-order valence-corrected chi connectivity index (χ2v) is 4.15. The van der Waals surface area contributed by atoms with Crippen molar-refractivity contribution in [3.63, 3.8) is 0 Å². The van der Waals surface area contributed by atoms with Crippen LogP contribution in [0.3, 0.4) is 0 Å². The zero-order valence-electron chi connectivity index (χ0n) is 10.9. The van der Waals surface area contributed by atoms with Crippen LogP contribution in [0.15, 0.2) is 0 Å². The van der Waals surface area contributed by atoms with Crippen LogP contribution in [0, 0.1) is 0 Å². The van der Waals surface area contributed by atoms with Gasteiger partial charge in [-0.2, -0.15) is 0 Å². The van der Waals surface area contributed by atoms with E-state index in [-0.39, 0.29) is 6.03 Å². The number of carbonyl (C=O) groups excluding carboxylic acids is 1. The molecule has 1 aliphatic heterocycles. The molecule has 0 spiro atoms. The Labute approximate surface area is 94.4 Å². The molecule has 1 saturated heterocycles. The summed E-state index contributed by atoms with van der Waals surface area (Å²) in [5.41, 5.74) is 0. The summed E-state index contributed by atoms with van der Waals surface area (Å²) in [6.07, 6.45) is 3.68. The normalized spacial score (nSPS) is 17.5. The van der Waals surface area contributed by atoms with Crippen LogP contribution in [0.25, 0.3) is 0 Å². The van der Waals surface area contributed by atoms with Crippen LogP contribution in [0.4, 0.5) is 4.79 Å². The number of unbranched alkanes of at least 4 members (excludes halogenated alkanes) is 1. The number of hydrogen-bond acceptors (Lipinski definition) is 1. The van der Waals surface area contributed by atoms with Gasteiger partial charge in [0.15, 0.2) is 0 Å². The van der Waals surface area contributed by atoms with E-state index in [1.165, 1.54) is 12.8 Å². The van der Waals surface area contributed by atoms with E-state index >= 15 is 0 Å². The van der Waals surface area contributed by atoms with Crippen LogP contribution < -0.4 is 0 Å². The third-order valence-electron chi connectivity index (χ3n) is 2.87. The van der Waals surface area contributed by atoms with Crippen LogP contribution >= 0.6 is 0 Å². The lowest BCUT2D eigenvalue weighted by molar-refractivity contribution is 0.184. The number of carbonyl (C=O) groups is 1.